The smallest absolute Gasteiger partial charge is 0.344 e. The van der Waals surface area contributed by atoms with E-state index in [1.807, 2.05) is 30.3 Å². The van der Waals surface area contributed by atoms with E-state index in [0.29, 0.717) is 68.8 Å². The van der Waals surface area contributed by atoms with Gasteiger partial charge in [-0.05, 0) is 57.9 Å². The SMILES string of the molecule is O=c1oc2ccccc2c2c1C(c1ccc(N3CCOCC3)cc1)c1c(ncn3nc(-c4ccc(Br)o4)nc13)O2. The minimum Gasteiger partial charge on any atom is -0.446 e. The summed E-state index contributed by atoms with van der Waals surface area (Å²) < 4.78 is 25.5. The Morgan fingerprint density at radius 2 is 1.75 bits per heavy atom. The molecule has 198 valence electrons. The second kappa shape index (κ2) is 9.04. The molecule has 0 aliphatic carbocycles. The third-order valence-corrected chi connectivity index (χ3v) is 7.78. The van der Waals surface area contributed by atoms with E-state index in [0.717, 1.165) is 24.3 Å². The van der Waals surface area contributed by atoms with Gasteiger partial charge in [0.25, 0.3) is 0 Å². The quantitative estimate of drug-likeness (QED) is 0.248. The Morgan fingerprint density at radius 1 is 0.925 bits per heavy atom. The lowest BCUT2D eigenvalue weighted by molar-refractivity contribution is 0.122. The summed E-state index contributed by atoms with van der Waals surface area (Å²) in [5.41, 5.74) is 3.48. The van der Waals surface area contributed by atoms with Crippen molar-refractivity contribution in [3.05, 3.63) is 98.8 Å². The first-order chi connectivity index (χ1) is 19.6. The van der Waals surface area contributed by atoms with Crippen LogP contribution in [0.15, 0.2) is 85.3 Å². The average molecular weight is 598 g/mol. The first-order valence-electron chi connectivity index (χ1n) is 12.8. The third kappa shape index (κ3) is 3.65. The van der Waals surface area contributed by atoms with E-state index in [1.165, 1.54) is 0 Å². The molecule has 0 spiro atoms. The van der Waals surface area contributed by atoms with E-state index in [1.54, 1.807) is 29.0 Å². The number of aromatic nitrogens is 4. The normalized spacial score (nSPS) is 16.6. The Morgan fingerprint density at radius 3 is 2.55 bits per heavy atom. The van der Waals surface area contributed by atoms with Crippen molar-refractivity contribution in [1.82, 2.24) is 19.6 Å². The van der Waals surface area contributed by atoms with Crippen LogP contribution in [-0.4, -0.2) is 45.9 Å². The lowest BCUT2D eigenvalue weighted by Gasteiger charge is -2.30. The van der Waals surface area contributed by atoms with Crippen LogP contribution in [-0.2, 0) is 4.74 Å². The highest BCUT2D eigenvalue weighted by Gasteiger charge is 2.37. The monoisotopic (exact) mass is 597 g/mol. The topological polar surface area (TPSA) is 108 Å². The predicted molar refractivity (Wildman–Crippen MR) is 149 cm³/mol. The minimum absolute atomic E-state index is 0.359. The standard InChI is InChI=1S/C29H20BrN5O5/c30-21-10-9-20(38-21)26-32-27-24-22(16-5-7-17(8-6-16)34-11-13-37-14-12-34)23-25(40-28(24)31-15-35(27)33-26)18-3-1-2-4-19(18)39-29(23)36/h1-10,15,22H,11-14H2. The van der Waals surface area contributed by atoms with Gasteiger partial charge in [-0.15, -0.1) is 5.10 Å². The van der Waals surface area contributed by atoms with Gasteiger partial charge in [0.15, 0.2) is 21.8 Å². The van der Waals surface area contributed by atoms with Crippen LogP contribution in [0.1, 0.15) is 22.6 Å². The summed E-state index contributed by atoms with van der Waals surface area (Å²) in [5.74, 6) is 1.12. The van der Waals surface area contributed by atoms with Crippen LogP contribution >= 0.6 is 15.9 Å². The zero-order chi connectivity index (χ0) is 26.8. The Kier molecular flexibility index (Phi) is 5.29. The highest BCUT2D eigenvalue weighted by atomic mass is 79.9. The molecule has 6 heterocycles. The van der Waals surface area contributed by atoms with Crippen LogP contribution in [0, 0.1) is 0 Å². The van der Waals surface area contributed by atoms with E-state index < -0.39 is 11.5 Å². The molecule has 11 heteroatoms. The zero-order valence-corrected chi connectivity index (χ0v) is 22.5. The summed E-state index contributed by atoms with van der Waals surface area (Å²) >= 11 is 3.34. The number of benzene rings is 2. The maximum atomic E-state index is 13.6. The molecule has 1 atom stereocenters. The molecule has 2 aliphatic rings. The molecule has 1 unspecified atom stereocenters. The van der Waals surface area contributed by atoms with E-state index in [9.17, 15) is 4.79 Å². The number of hydrogen-bond acceptors (Lipinski definition) is 9. The van der Waals surface area contributed by atoms with E-state index in [-0.39, 0.29) is 0 Å². The van der Waals surface area contributed by atoms with Crippen molar-refractivity contribution >= 4 is 38.2 Å². The van der Waals surface area contributed by atoms with E-state index >= 15 is 0 Å². The number of nitrogens with zero attached hydrogens (tertiary/aromatic N) is 5. The zero-order valence-electron chi connectivity index (χ0n) is 20.9. The fourth-order valence-corrected chi connectivity index (χ4v) is 5.81. The van der Waals surface area contributed by atoms with Gasteiger partial charge in [-0.2, -0.15) is 0 Å². The molecular weight excluding hydrogens is 578 g/mol. The largest absolute Gasteiger partial charge is 0.446 e. The van der Waals surface area contributed by atoms with Gasteiger partial charge in [-0.1, -0.05) is 24.3 Å². The van der Waals surface area contributed by atoms with Crippen molar-refractivity contribution < 1.29 is 18.3 Å². The first-order valence-corrected chi connectivity index (χ1v) is 13.6. The van der Waals surface area contributed by atoms with Crippen molar-refractivity contribution in [2.45, 2.75) is 5.92 Å². The van der Waals surface area contributed by atoms with Gasteiger partial charge in [0, 0.05) is 18.8 Å². The Hall–Kier alpha value is -4.48. The molecule has 2 aromatic carbocycles. The number of rotatable bonds is 3. The van der Waals surface area contributed by atoms with Crippen LogP contribution in [0.25, 0.3) is 28.2 Å². The number of para-hydroxylation sites is 1. The number of halogens is 1. The number of furan rings is 1. The lowest BCUT2D eigenvalue weighted by atomic mass is 9.84. The average Bonchev–Trinajstić information content (AvgIpc) is 3.63. The van der Waals surface area contributed by atoms with Crippen molar-refractivity contribution in [3.8, 4) is 23.2 Å². The molecular formula is C29H20BrN5O5. The summed E-state index contributed by atoms with van der Waals surface area (Å²) in [6.45, 7) is 3.05. The molecule has 10 nitrogen and oxygen atoms in total. The molecule has 0 amide bonds. The van der Waals surface area contributed by atoms with Crippen LogP contribution in [0.2, 0.25) is 0 Å². The van der Waals surface area contributed by atoms with Gasteiger partial charge in [0.05, 0.1) is 35.6 Å². The van der Waals surface area contributed by atoms with Crippen molar-refractivity contribution in [1.29, 1.82) is 0 Å². The molecule has 8 rings (SSSR count). The maximum absolute atomic E-state index is 13.6. The first kappa shape index (κ1) is 23.4. The molecule has 2 aliphatic heterocycles. The lowest BCUT2D eigenvalue weighted by Crippen LogP contribution is -2.36. The molecule has 0 saturated carbocycles. The van der Waals surface area contributed by atoms with Crippen LogP contribution in [0.4, 0.5) is 5.69 Å². The summed E-state index contributed by atoms with van der Waals surface area (Å²) in [7, 11) is 0. The Balaban J connectivity index is 1.36. The van der Waals surface area contributed by atoms with Gasteiger partial charge in [0.1, 0.15) is 11.9 Å². The molecule has 1 fully saturated rings. The fourth-order valence-electron chi connectivity index (χ4n) is 5.50. The molecule has 40 heavy (non-hydrogen) atoms. The van der Waals surface area contributed by atoms with Gasteiger partial charge in [-0.25, -0.2) is 19.3 Å². The fraction of sp³-hybridized carbons (Fsp3) is 0.172. The summed E-state index contributed by atoms with van der Waals surface area (Å²) in [6, 6.07) is 19.1. The van der Waals surface area contributed by atoms with Crippen molar-refractivity contribution in [2.24, 2.45) is 0 Å². The molecule has 6 aromatic rings. The summed E-state index contributed by atoms with van der Waals surface area (Å²) in [6.07, 6.45) is 1.56. The summed E-state index contributed by atoms with van der Waals surface area (Å²) in [4.78, 5) is 25.3. The van der Waals surface area contributed by atoms with Crippen LogP contribution < -0.4 is 15.3 Å². The molecule has 0 bridgehead atoms. The van der Waals surface area contributed by atoms with E-state index in [2.05, 4.69) is 43.0 Å². The van der Waals surface area contributed by atoms with Crippen LogP contribution in [0.3, 0.4) is 0 Å². The van der Waals surface area contributed by atoms with Crippen LogP contribution in [0.5, 0.6) is 11.6 Å². The van der Waals surface area contributed by atoms with Crippen molar-refractivity contribution in [2.75, 3.05) is 31.2 Å². The number of fused-ring (bicyclic) bond motifs is 6. The van der Waals surface area contributed by atoms with Gasteiger partial charge in [0.2, 0.25) is 11.7 Å². The Labute approximate surface area is 234 Å². The number of anilines is 1. The highest BCUT2D eigenvalue weighted by Crippen LogP contribution is 2.49. The predicted octanol–water partition coefficient (Wildman–Crippen LogP) is 5.38. The van der Waals surface area contributed by atoms with Gasteiger partial charge >= 0.3 is 5.63 Å². The molecule has 1 saturated heterocycles. The minimum atomic E-state index is -0.560. The second-order valence-electron chi connectivity index (χ2n) is 9.63. The molecule has 4 aromatic heterocycles. The maximum Gasteiger partial charge on any atom is 0.344 e. The second-order valence-corrected chi connectivity index (χ2v) is 10.4. The molecule has 0 radical (unpaired) electrons. The summed E-state index contributed by atoms with van der Waals surface area (Å²) in [5, 5.41) is 5.29. The Bertz CT molecular complexity index is 1970. The molecule has 0 N–H and O–H groups in total. The van der Waals surface area contributed by atoms with Gasteiger partial charge < -0.3 is 23.2 Å². The number of ether oxygens (including phenoxy) is 2. The van der Waals surface area contributed by atoms with Gasteiger partial charge in [-0.3, -0.25) is 0 Å². The number of hydrogen-bond donors (Lipinski definition) is 0. The third-order valence-electron chi connectivity index (χ3n) is 7.36. The number of morpholine rings is 1. The highest BCUT2D eigenvalue weighted by molar-refractivity contribution is 9.10. The van der Waals surface area contributed by atoms with E-state index in [4.69, 9.17) is 23.3 Å². The van der Waals surface area contributed by atoms with Crippen molar-refractivity contribution in [3.63, 3.8) is 0 Å².